The Morgan fingerprint density at radius 1 is 0.632 bits per heavy atom. The van der Waals surface area contributed by atoms with Crippen LogP contribution in [0.4, 0.5) is 0 Å². The zero-order valence-corrected chi connectivity index (χ0v) is 21.3. The average Bonchev–Trinajstić information content (AvgIpc) is 3.33. The third kappa shape index (κ3) is 3.53. The van der Waals surface area contributed by atoms with E-state index in [1.54, 1.807) is 12.1 Å². The number of para-hydroxylation sites is 1. The van der Waals surface area contributed by atoms with E-state index in [0.717, 1.165) is 55.3 Å². The Morgan fingerprint density at radius 2 is 1.21 bits per heavy atom. The molecule has 7 rings (SSSR count). The maximum atomic E-state index is 12.2. The molecule has 0 aliphatic rings. The van der Waals surface area contributed by atoms with Crippen molar-refractivity contribution >= 4 is 53.5 Å². The second-order valence-corrected chi connectivity index (χ2v) is 10.9. The Labute approximate surface area is 219 Å². The first kappa shape index (κ1) is 22.5. The molecule has 0 radical (unpaired) electrons. The van der Waals surface area contributed by atoms with Gasteiger partial charge in [-0.25, -0.2) is 4.98 Å². The smallest absolute Gasteiger partial charge is 0.306 e. The Hall–Kier alpha value is -4.68. The average molecular weight is 515 g/mol. The number of hydrogen-bond acceptors (Lipinski definition) is 4. The van der Waals surface area contributed by atoms with Gasteiger partial charge in [0, 0.05) is 16.2 Å². The first-order chi connectivity index (χ1) is 18.5. The molecule has 6 heteroatoms. The van der Waals surface area contributed by atoms with Gasteiger partial charge in [-0.05, 0) is 34.4 Å². The number of hydrogen-bond donors (Lipinski definition) is 0. The predicted molar refractivity (Wildman–Crippen MR) is 154 cm³/mol. The highest BCUT2D eigenvalue weighted by Gasteiger charge is 2.23. The minimum absolute atomic E-state index is 0.236. The van der Waals surface area contributed by atoms with Crippen LogP contribution in [0.3, 0.4) is 0 Å². The van der Waals surface area contributed by atoms with Crippen LogP contribution in [-0.4, -0.2) is 24.2 Å². The molecule has 184 valence electrons. The molecule has 0 bridgehead atoms. The van der Waals surface area contributed by atoms with Gasteiger partial charge < -0.3 is 4.18 Å². The van der Waals surface area contributed by atoms with Gasteiger partial charge >= 0.3 is 10.1 Å². The Morgan fingerprint density at radius 3 is 1.97 bits per heavy atom. The van der Waals surface area contributed by atoms with Crippen LogP contribution in [0.15, 0.2) is 115 Å². The molecule has 0 amide bonds. The van der Waals surface area contributed by atoms with E-state index in [-0.39, 0.29) is 5.75 Å². The van der Waals surface area contributed by atoms with Gasteiger partial charge in [0.15, 0.2) is 5.75 Å². The molecule has 0 saturated carbocycles. The predicted octanol–water partition coefficient (Wildman–Crippen LogP) is 7.49. The van der Waals surface area contributed by atoms with Crippen molar-refractivity contribution in [3.05, 3.63) is 115 Å². The van der Waals surface area contributed by atoms with Crippen LogP contribution in [0, 0.1) is 0 Å². The van der Waals surface area contributed by atoms with E-state index in [4.69, 9.17) is 9.17 Å². The van der Waals surface area contributed by atoms with Gasteiger partial charge in [0.1, 0.15) is 5.82 Å². The molecular formula is C32H22N2O3S. The van der Waals surface area contributed by atoms with Crippen LogP contribution >= 0.6 is 0 Å². The Balaban J connectivity index is 1.72. The van der Waals surface area contributed by atoms with Crippen molar-refractivity contribution in [3.8, 4) is 22.8 Å². The molecule has 0 aliphatic carbocycles. The van der Waals surface area contributed by atoms with Crippen LogP contribution in [0.5, 0.6) is 5.75 Å². The molecule has 0 spiro atoms. The van der Waals surface area contributed by atoms with Crippen molar-refractivity contribution in [2.24, 2.45) is 0 Å². The molecule has 1 aromatic heterocycles. The minimum atomic E-state index is -3.76. The second kappa shape index (κ2) is 8.43. The van der Waals surface area contributed by atoms with E-state index in [9.17, 15) is 8.42 Å². The van der Waals surface area contributed by atoms with E-state index in [0.29, 0.717) is 11.4 Å². The SMILES string of the molecule is CS(=O)(=O)Oc1ccccc1-c1nc2c3ccccc3c3ccccc3c2n1-c1cccc2ccccc12. The summed E-state index contributed by atoms with van der Waals surface area (Å²) in [5, 5.41) is 6.50. The summed E-state index contributed by atoms with van der Waals surface area (Å²) in [5.41, 5.74) is 3.35. The van der Waals surface area contributed by atoms with Crippen molar-refractivity contribution in [2.45, 2.75) is 0 Å². The molecule has 7 aromatic rings. The van der Waals surface area contributed by atoms with Gasteiger partial charge in [-0.3, -0.25) is 4.57 Å². The largest absolute Gasteiger partial charge is 0.382 e. The first-order valence-corrected chi connectivity index (χ1v) is 14.1. The summed E-state index contributed by atoms with van der Waals surface area (Å²) in [6, 6.07) is 38.2. The molecule has 0 fully saturated rings. The van der Waals surface area contributed by atoms with E-state index in [1.807, 2.05) is 48.5 Å². The van der Waals surface area contributed by atoms with Crippen LogP contribution in [0.25, 0.3) is 60.4 Å². The standard InChI is InChI=1S/C32H22N2O3S/c1-38(35,36)37-29-20-9-8-18-27(29)32-33-30-25-16-6-4-14-23(25)24-15-5-7-17-26(24)31(30)34(32)28-19-10-12-21-11-2-3-13-22(21)28/h2-20H,1H3. The Kier molecular flexibility index (Phi) is 5.00. The summed E-state index contributed by atoms with van der Waals surface area (Å²) in [5.74, 6) is 0.845. The maximum Gasteiger partial charge on any atom is 0.306 e. The zero-order chi connectivity index (χ0) is 25.9. The lowest BCUT2D eigenvalue weighted by atomic mass is 9.99. The molecule has 5 nitrogen and oxygen atoms in total. The number of fused-ring (bicyclic) bond motifs is 7. The van der Waals surface area contributed by atoms with Gasteiger partial charge in [0.25, 0.3) is 0 Å². The molecule has 0 atom stereocenters. The molecule has 0 aliphatic heterocycles. The van der Waals surface area contributed by atoms with E-state index in [2.05, 4.69) is 59.2 Å². The van der Waals surface area contributed by atoms with Crippen LogP contribution in [-0.2, 0) is 10.1 Å². The fraction of sp³-hybridized carbons (Fsp3) is 0.0312. The second-order valence-electron chi connectivity index (χ2n) is 9.34. The zero-order valence-electron chi connectivity index (χ0n) is 20.5. The van der Waals surface area contributed by atoms with Crippen molar-refractivity contribution in [1.82, 2.24) is 9.55 Å². The summed E-state index contributed by atoms with van der Waals surface area (Å²) in [4.78, 5) is 5.22. The first-order valence-electron chi connectivity index (χ1n) is 12.3. The normalized spacial score (nSPS) is 12.0. The summed E-state index contributed by atoms with van der Waals surface area (Å²) in [6.45, 7) is 0. The van der Waals surface area contributed by atoms with Crippen LogP contribution < -0.4 is 4.18 Å². The monoisotopic (exact) mass is 514 g/mol. The van der Waals surface area contributed by atoms with Crippen molar-refractivity contribution in [1.29, 1.82) is 0 Å². The lowest BCUT2D eigenvalue weighted by molar-refractivity contribution is 0.493. The number of nitrogens with zero attached hydrogens (tertiary/aromatic N) is 2. The molecule has 38 heavy (non-hydrogen) atoms. The maximum absolute atomic E-state index is 12.2. The van der Waals surface area contributed by atoms with E-state index < -0.39 is 10.1 Å². The van der Waals surface area contributed by atoms with Gasteiger partial charge in [0.2, 0.25) is 0 Å². The van der Waals surface area contributed by atoms with E-state index in [1.165, 1.54) is 0 Å². The van der Waals surface area contributed by atoms with Crippen molar-refractivity contribution in [3.63, 3.8) is 0 Å². The summed E-state index contributed by atoms with van der Waals surface area (Å²) >= 11 is 0. The molecule has 0 unspecified atom stereocenters. The highest BCUT2D eigenvalue weighted by Crippen LogP contribution is 2.42. The summed E-state index contributed by atoms with van der Waals surface area (Å²) in [6.07, 6.45) is 1.05. The van der Waals surface area contributed by atoms with Gasteiger partial charge in [-0.1, -0.05) is 97.1 Å². The minimum Gasteiger partial charge on any atom is -0.382 e. The third-order valence-corrected chi connectivity index (χ3v) is 7.39. The van der Waals surface area contributed by atoms with E-state index >= 15 is 0 Å². The van der Waals surface area contributed by atoms with Crippen LogP contribution in [0.2, 0.25) is 0 Å². The van der Waals surface area contributed by atoms with Gasteiger partial charge in [0.05, 0.1) is 28.5 Å². The number of aromatic nitrogens is 2. The summed E-state index contributed by atoms with van der Waals surface area (Å²) in [7, 11) is -3.76. The molecule has 1 heterocycles. The van der Waals surface area contributed by atoms with Crippen LogP contribution in [0.1, 0.15) is 0 Å². The van der Waals surface area contributed by atoms with Gasteiger partial charge in [-0.15, -0.1) is 0 Å². The number of benzene rings is 6. The van der Waals surface area contributed by atoms with Crippen molar-refractivity contribution < 1.29 is 12.6 Å². The highest BCUT2D eigenvalue weighted by molar-refractivity contribution is 7.86. The Bertz CT molecular complexity index is 2140. The van der Waals surface area contributed by atoms with Crippen molar-refractivity contribution in [2.75, 3.05) is 6.26 Å². The molecule has 0 saturated heterocycles. The third-order valence-electron chi connectivity index (χ3n) is 6.91. The fourth-order valence-corrected chi connectivity index (χ4v) is 5.88. The summed E-state index contributed by atoms with van der Waals surface area (Å²) < 4.78 is 32.0. The molecule has 0 N–H and O–H groups in total. The molecular weight excluding hydrogens is 492 g/mol. The highest BCUT2D eigenvalue weighted by atomic mass is 32.2. The van der Waals surface area contributed by atoms with Gasteiger partial charge in [-0.2, -0.15) is 8.42 Å². The number of rotatable bonds is 4. The topological polar surface area (TPSA) is 61.2 Å². The quantitative estimate of drug-likeness (QED) is 0.180. The lowest BCUT2D eigenvalue weighted by Gasteiger charge is -2.16. The molecule has 6 aromatic carbocycles. The lowest BCUT2D eigenvalue weighted by Crippen LogP contribution is -2.07. The fourth-order valence-electron chi connectivity index (χ4n) is 5.41. The number of imidazole rings is 1.